The van der Waals surface area contributed by atoms with Crippen LogP contribution in [0.15, 0.2) is 18.3 Å². The highest BCUT2D eigenvalue weighted by molar-refractivity contribution is 5.96. The van der Waals surface area contributed by atoms with Crippen molar-refractivity contribution in [3.63, 3.8) is 0 Å². The maximum Gasteiger partial charge on any atom is 0.103 e. The average Bonchev–Trinajstić information content (AvgIpc) is 2.55. The predicted molar refractivity (Wildman–Crippen MR) is 104 cm³/mol. The first-order valence-corrected chi connectivity index (χ1v) is 9.11. The van der Waals surface area contributed by atoms with Gasteiger partial charge < -0.3 is 5.32 Å². The second-order valence-electron chi connectivity index (χ2n) is 8.21. The number of nitriles is 1. The summed E-state index contributed by atoms with van der Waals surface area (Å²) in [7, 11) is 0. The molecule has 2 aromatic rings. The highest BCUT2D eigenvalue weighted by Crippen LogP contribution is 2.31. The first kappa shape index (κ1) is 17.7. The Morgan fingerprint density at radius 2 is 1.88 bits per heavy atom. The lowest BCUT2D eigenvalue weighted by Crippen LogP contribution is -2.48. The van der Waals surface area contributed by atoms with Crippen molar-refractivity contribution in [2.24, 2.45) is 0 Å². The zero-order valence-corrected chi connectivity index (χ0v) is 16.0. The quantitative estimate of drug-likeness (QED) is 0.883. The number of benzene rings is 1. The van der Waals surface area contributed by atoms with E-state index in [2.05, 4.69) is 68.0 Å². The first-order valence-electron chi connectivity index (χ1n) is 9.11. The van der Waals surface area contributed by atoms with Gasteiger partial charge in [0, 0.05) is 36.3 Å². The minimum absolute atomic E-state index is 0.223. The van der Waals surface area contributed by atoms with Crippen LogP contribution in [-0.4, -0.2) is 34.6 Å². The SMILES string of the molecule is Cc1cc(C)c2ncc(C#N)c(NC3CCN(C(C)(C)C)CC3)c2c1. The number of aromatic nitrogens is 1. The average molecular weight is 336 g/mol. The van der Waals surface area contributed by atoms with E-state index in [1.54, 1.807) is 6.20 Å². The van der Waals surface area contributed by atoms with Gasteiger partial charge in [0.15, 0.2) is 0 Å². The molecule has 0 amide bonds. The Bertz CT molecular complexity index is 818. The van der Waals surface area contributed by atoms with Crippen LogP contribution in [0.1, 0.15) is 50.3 Å². The normalized spacial score (nSPS) is 16.8. The Hall–Kier alpha value is -2.12. The minimum atomic E-state index is 0.223. The summed E-state index contributed by atoms with van der Waals surface area (Å²) in [5.41, 5.74) is 5.15. The molecular weight excluding hydrogens is 308 g/mol. The van der Waals surface area contributed by atoms with Gasteiger partial charge in [0.1, 0.15) is 6.07 Å². The molecule has 1 aliphatic heterocycles. The van der Waals surface area contributed by atoms with Crippen molar-refractivity contribution in [2.75, 3.05) is 18.4 Å². The molecular formula is C21H28N4. The number of anilines is 1. The van der Waals surface area contributed by atoms with Crippen LogP contribution in [0.3, 0.4) is 0 Å². The predicted octanol–water partition coefficient (Wildman–Crippen LogP) is 4.40. The Morgan fingerprint density at radius 3 is 2.48 bits per heavy atom. The van der Waals surface area contributed by atoms with E-state index < -0.39 is 0 Å². The third-order valence-electron chi connectivity index (χ3n) is 5.22. The molecule has 4 heteroatoms. The molecule has 1 N–H and O–H groups in total. The molecule has 1 aliphatic rings. The third-order valence-corrected chi connectivity index (χ3v) is 5.22. The lowest BCUT2D eigenvalue weighted by Gasteiger charge is -2.41. The van der Waals surface area contributed by atoms with Crippen molar-refractivity contribution in [2.45, 2.75) is 59.0 Å². The number of aryl methyl sites for hydroxylation is 2. The molecule has 1 aromatic heterocycles. The number of fused-ring (bicyclic) bond motifs is 1. The lowest BCUT2D eigenvalue weighted by atomic mass is 9.97. The van der Waals surface area contributed by atoms with Crippen molar-refractivity contribution in [3.8, 4) is 6.07 Å². The van der Waals surface area contributed by atoms with Crippen LogP contribution >= 0.6 is 0 Å². The Kier molecular flexibility index (Phi) is 4.71. The van der Waals surface area contributed by atoms with E-state index in [-0.39, 0.29) is 5.54 Å². The van der Waals surface area contributed by atoms with E-state index in [1.807, 2.05) is 0 Å². The van der Waals surface area contributed by atoms with Gasteiger partial charge in [-0.05, 0) is 59.1 Å². The summed E-state index contributed by atoms with van der Waals surface area (Å²) >= 11 is 0. The van der Waals surface area contributed by atoms with E-state index in [1.165, 1.54) is 5.56 Å². The van der Waals surface area contributed by atoms with Gasteiger partial charge in [-0.2, -0.15) is 5.26 Å². The van der Waals surface area contributed by atoms with Crippen LogP contribution < -0.4 is 5.32 Å². The molecule has 0 unspecified atom stereocenters. The molecule has 0 aliphatic carbocycles. The van der Waals surface area contributed by atoms with Gasteiger partial charge >= 0.3 is 0 Å². The largest absolute Gasteiger partial charge is 0.381 e. The highest BCUT2D eigenvalue weighted by Gasteiger charge is 2.27. The van der Waals surface area contributed by atoms with Crippen molar-refractivity contribution in [3.05, 3.63) is 35.0 Å². The van der Waals surface area contributed by atoms with Crippen molar-refractivity contribution < 1.29 is 0 Å². The van der Waals surface area contributed by atoms with E-state index in [4.69, 9.17) is 0 Å². The standard InChI is InChI=1S/C21H28N4/c1-14-10-15(2)19-18(11-14)20(16(12-22)13-23-19)24-17-6-8-25(9-7-17)21(3,4)5/h10-11,13,17H,6-9H2,1-5H3,(H,23,24). The molecule has 0 spiro atoms. The molecule has 1 fully saturated rings. The second kappa shape index (κ2) is 6.65. The topological polar surface area (TPSA) is 52.0 Å². The van der Waals surface area contributed by atoms with Crippen molar-refractivity contribution >= 4 is 16.6 Å². The fourth-order valence-corrected chi connectivity index (χ4v) is 3.80. The Balaban J connectivity index is 1.90. The number of nitrogens with zero attached hydrogens (tertiary/aromatic N) is 3. The van der Waals surface area contributed by atoms with Crippen LogP contribution in [0.4, 0.5) is 5.69 Å². The molecule has 0 bridgehead atoms. The summed E-state index contributed by atoms with van der Waals surface area (Å²) < 4.78 is 0. The minimum Gasteiger partial charge on any atom is -0.381 e. The summed E-state index contributed by atoms with van der Waals surface area (Å²) in [6.07, 6.45) is 3.89. The number of nitrogens with one attached hydrogen (secondary N) is 1. The summed E-state index contributed by atoms with van der Waals surface area (Å²) in [5, 5.41) is 14.3. The first-order chi connectivity index (χ1) is 11.8. The maximum absolute atomic E-state index is 9.56. The van der Waals surface area contributed by atoms with Gasteiger partial charge in [0.2, 0.25) is 0 Å². The number of rotatable bonds is 2. The van der Waals surface area contributed by atoms with Crippen LogP contribution in [0.2, 0.25) is 0 Å². The van der Waals surface area contributed by atoms with Crippen LogP contribution in [0.25, 0.3) is 10.9 Å². The zero-order chi connectivity index (χ0) is 18.2. The molecule has 132 valence electrons. The smallest absolute Gasteiger partial charge is 0.103 e. The van der Waals surface area contributed by atoms with Gasteiger partial charge in [-0.25, -0.2) is 0 Å². The monoisotopic (exact) mass is 336 g/mol. The molecule has 0 atom stereocenters. The maximum atomic E-state index is 9.56. The number of likely N-dealkylation sites (tertiary alicyclic amines) is 1. The van der Waals surface area contributed by atoms with E-state index >= 15 is 0 Å². The molecule has 2 heterocycles. The van der Waals surface area contributed by atoms with E-state index in [9.17, 15) is 5.26 Å². The fourth-order valence-electron chi connectivity index (χ4n) is 3.80. The van der Waals surface area contributed by atoms with E-state index in [0.29, 0.717) is 11.6 Å². The molecule has 0 saturated carbocycles. The van der Waals surface area contributed by atoms with Gasteiger partial charge in [-0.3, -0.25) is 9.88 Å². The fraction of sp³-hybridized carbons (Fsp3) is 0.524. The lowest BCUT2D eigenvalue weighted by molar-refractivity contribution is 0.106. The number of hydrogen-bond acceptors (Lipinski definition) is 4. The summed E-state index contributed by atoms with van der Waals surface area (Å²) in [6.45, 7) is 13.2. The van der Waals surface area contributed by atoms with Gasteiger partial charge in [-0.1, -0.05) is 11.6 Å². The number of piperidine rings is 1. The Labute approximate surface area is 150 Å². The Morgan fingerprint density at radius 1 is 1.20 bits per heavy atom. The van der Waals surface area contributed by atoms with Crippen LogP contribution in [0, 0.1) is 25.2 Å². The molecule has 1 aromatic carbocycles. The van der Waals surface area contributed by atoms with Crippen LogP contribution in [-0.2, 0) is 0 Å². The molecule has 3 rings (SSSR count). The van der Waals surface area contributed by atoms with Gasteiger partial charge in [0.05, 0.1) is 16.8 Å². The highest BCUT2D eigenvalue weighted by atomic mass is 15.2. The summed E-state index contributed by atoms with van der Waals surface area (Å²) in [4.78, 5) is 7.06. The third kappa shape index (κ3) is 3.62. The van der Waals surface area contributed by atoms with Gasteiger partial charge in [0.25, 0.3) is 0 Å². The summed E-state index contributed by atoms with van der Waals surface area (Å²) in [6, 6.07) is 7.00. The molecule has 1 saturated heterocycles. The summed E-state index contributed by atoms with van der Waals surface area (Å²) in [5.74, 6) is 0. The van der Waals surface area contributed by atoms with Crippen molar-refractivity contribution in [1.82, 2.24) is 9.88 Å². The van der Waals surface area contributed by atoms with Crippen molar-refractivity contribution in [1.29, 1.82) is 5.26 Å². The number of pyridine rings is 1. The number of hydrogen-bond donors (Lipinski definition) is 1. The van der Waals surface area contributed by atoms with Gasteiger partial charge in [-0.15, -0.1) is 0 Å². The molecule has 25 heavy (non-hydrogen) atoms. The second-order valence-corrected chi connectivity index (χ2v) is 8.21. The molecule has 0 radical (unpaired) electrons. The van der Waals surface area contributed by atoms with E-state index in [0.717, 1.165) is 48.1 Å². The molecule has 4 nitrogen and oxygen atoms in total. The zero-order valence-electron chi connectivity index (χ0n) is 16.0. The van der Waals surface area contributed by atoms with Crippen LogP contribution in [0.5, 0.6) is 0 Å².